The number of benzene rings is 1. The van der Waals surface area contributed by atoms with Crippen molar-refractivity contribution in [1.82, 2.24) is 0 Å². The van der Waals surface area contributed by atoms with Crippen LogP contribution in [0.4, 0.5) is 18.9 Å². The molecule has 0 radical (unpaired) electrons. The molecule has 1 aromatic carbocycles. The Morgan fingerprint density at radius 2 is 1.68 bits per heavy atom. The second-order valence-corrected chi connectivity index (χ2v) is 4.43. The van der Waals surface area contributed by atoms with Gasteiger partial charge in [0.15, 0.2) is 0 Å². The van der Waals surface area contributed by atoms with Gasteiger partial charge >= 0.3 is 6.18 Å². The van der Waals surface area contributed by atoms with Crippen molar-refractivity contribution in [3.63, 3.8) is 0 Å². The van der Waals surface area contributed by atoms with Gasteiger partial charge in [0, 0.05) is 24.0 Å². The summed E-state index contributed by atoms with van der Waals surface area (Å²) in [6, 6.07) is 3.23. The molecule has 8 heteroatoms. The van der Waals surface area contributed by atoms with Gasteiger partial charge in [-0.2, -0.15) is 13.2 Å². The summed E-state index contributed by atoms with van der Waals surface area (Å²) >= 11 is 2.94. The van der Waals surface area contributed by atoms with E-state index < -0.39 is 17.6 Å². The van der Waals surface area contributed by atoms with Gasteiger partial charge in [0.25, 0.3) is 0 Å². The minimum absolute atomic E-state index is 0.115. The standard InChI is InChI=1S/C9H7BrF3NO.C2H5NO/c1-5(15)14-8-3-6(9(11,12)13)2-7(10)4-8;1-2(3)4/h2-4H,1H3,(H,14,15);1H3,(H2,3,4). The summed E-state index contributed by atoms with van der Waals surface area (Å²) < 4.78 is 37.3. The number of nitrogens with two attached hydrogens (primary N) is 1. The zero-order valence-corrected chi connectivity index (χ0v) is 11.7. The lowest BCUT2D eigenvalue weighted by Crippen LogP contribution is -2.09. The van der Waals surface area contributed by atoms with Crippen LogP contribution in [0.2, 0.25) is 0 Å². The summed E-state index contributed by atoms with van der Waals surface area (Å²) in [5, 5.41) is 2.29. The van der Waals surface area contributed by atoms with E-state index in [-0.39, 0.29) is 16.1 Å². The third-order valence-corrected chi connectivity index (χ3v) is 2.00. The van der Waals surface area contributed by atoms with E-state index in [0.29, 0.717) is 0 Å². The van der Waals surface area contributed by atoms with Crippen molar-refractivity contribution in [3.05, 3.63) is 28.2 Å². The molecule has 0 aliphatic rings. The largest absolute Gasteiger partial charge is 0.416 e. The van der Waals surface area contributed by atoms with Gasteiger partial charge in [-0.05, 0) is 18.2 Å². The highest BCUT2D eigenvalue weighted by Gasteiger charge is 2.31. The molecule has 19 heavy (non-hydrogen) atoms. The molecule has 0 aromatic heterocycles. The summed E-state index contributed by atoms with van der Waals surface area (Å²) in [5.41, 5.74) is 3.78. The van der Waals surface area contributed by atoms with Gasteiger partial charge < -0.3 is 11.1 Å². The topological polar surface area (TPSA) is 72.2 Å². The zero-order valence-electron chi connectivity index (χ0n) is 10.1. The van der Waals surface area contributed by atoms with E-state index >= 15 is 0 Å². The van der Waals surface area contributed by atoms with Gasteiger partial charge in [0.2, 0.25) is 11.8 Å². The lowest BCUT2D eigenvalue weighted by atomic mass is 10.2. The maximum atomic E-state index is 12.4. The van der Waals surface area contributed by atoms with Gasteiger partial charge in [-0.1, -0.05) is 15.9 Å². The Morgan fingerprint density at radius 1 is 1.21 bits per heavy atom. The molecule has 0 bridgehead atoms. The fourth-order valence-electron chi connectivity index (χ4n) is 1.03. The molecule has 1 aromatic rings. The second kappa shape index (κ2) is 7.13. The summed E-state index contributed by atoms with van der Waals surface area (Å²) in [5.74, 6) is -0.749. The maximum absolute atomic E-state index is 12.4. The van der Waals surface area contributed by atoms with E-state index in [4.69, 9.17) is 0 Å². The average molecular weight is 341 g/mol. The molecule has 2 amide bonds. The summed E-state index contributed by atoms with van der Waals surface area (Å²) in [6.45, 7) is 2.54. The summed E-state index contributed by atoms with van der Waals surface area (Å²) in [4.78, 5) is 19.9. The minimum atomic E-state index is -4.42. The molecular formula is C11H12BrF3N2O2. The Hall–Kier alpha value is -1.57. The van der Waals surface area contributed by atoms with Crippen LogP contribution in [-0.4, -0.2) is 11.8 Å². The first-order valence-corrected chi connectivity index (χ1v) is 5.73. The van der Waals surface area contributed by atoms with Crippen molar-refractivity contribution in [3.8, 4) is 0 Å². The molecule has 0 aliphatic carbocycles. The molecule has 0 unspecified atom stereocenters. The molecule has 0 spiro atoms. The lowest BCUT2D eigenvalue weighted by Gasteiger charge is -2.10. The van der Waals surface area contributed by atoms with Crippen LogP contribution in [0.15, 0.2) is 22.7 Å². The molecule has 1 rings (SSSR count). The van der Waals surface area contributed by atoms with Crippen molar-refractivity contribution in [2.45, 2.75) is 20.0 Å². The molecular weight excluding hydrogens is 329 g/mol. The molecule has 0 fully saturated rings. The normalized spacial score (nSPS) is 10.2. The fourth-order valence-corrected chi connectivity index (χ4v) is 1.52. The van der Waals surface area contributed by atoms with E-state index in [1.54, 1.807) is 0 Å². The highest BCUT2D eigenvalue weighted by atomic mass is 79.9. The van der Waals surface area contributed by atoms with Crippen LogP contribution in [0, 0.1) is 0 Å². The number of rotatable bonds is 1. The van der Waals surface area contributed by atoms with Crippen molar-refractivity contribution in [2.75, 3.05) is 5.32 Å². The van der Waals surface area contributed by atoms with Gasteiger partial charge in [0.1, 0.15) is 0 Å². The molecule has 0 aliphatic heterocycles. The SMILES string of the molecule is CC(=O)Nc1cc(Br)cc(C(F)(F)F)c1.CC(N)=O. The monoisotopic (exact) mass is 340 g/mol. The lowest BCUT2D eigenvalue weighted by molar-refractivity contribution is -0.137. The van der Waals surface area contributed by atoms with Crippen LogP contribution in [0.25, 0.3) is 0 Å². The maximum Gasteiger partial charge on any atom is 0.416 e. The zero-order chi connectivity index (χ0) is 15.2. The Kier molecular flexibility index (Phi) is 6.54. The van der Waals surface area contributed by atoms with E-state index in [1.165, 1.54) is 19.9 Å². The number of halogens is 4. The molecule has 0 saturated heterocycles. The molecule has 4 nitrogen and oxygen atoms in total. The second-order valence-electron chi connectivity index (χ2n) is 3.52. The van der Waals surface area contributed by atoms with Crippen LogP contribution < -0.4 is 11.1 Å². The highest BCUT2D eigenvalue weighted by Crippen LogP contribution is 2.33. The van der Waals surface area contributed by atoms with Crippen molar-refractivity contribution in [2.24, 2.45) is 5.73 Å². The Balaban J connectivity index is 0.000000711. The number of anilines is 1. The molecule has 0 heterocycles. The smallest absolute Gasteiger partial charge is 0.370 e. The minimum Gasteiger partial charge on any atom is -0.370 e. The average Bonchev–Trinajstić information content (AvgIpc) is 2.12. The van der Waals surface area contributed by atoms with Crippen LogP contribution in [-0.2, 0) is 15.8 Å². The third kappa shape index (κ3) is 8.20. The van der Waals surface area contributed by atoms with Crippen LogP contribution in [0.3, 0.4) is 0 Å². The van der Waals surface area contributed by atoms with E-state index in [0.717, 1.165) is 12.1 Å². The molecule has 0 atom stereocenters. The highest BCUT2D eigenvalue weighted by molar-refractivity contribution is 9.10. The predicted molar refractivity (Wildman–Crippen MR) is 68.3 cm³/mol. The van der Waals surface area contributed by atoms with Crippen LogP contribution in [0.5, 0.6) is 0 Å². The third-order valence-electron chi connectivity index (χ3n) is 1.55. The van der Waals surface area contributed by atoms with Crippen molar-refractivity contribution >= 4 is 33.4 Å². The number of alkyl halides is 3. The van der Waals surface area contributed by atoms with E-state index in [9.17, 15) is 22.8 Å². The number of nitrogens with one attached hydrogen (secondary N) is 1. The summed E-state index contributed by atoms with van der Waals surface area (Å²) in [6.07, 6.45) is -4.42. The Morgan fingerprint density at radius 3 is 2.05 bits per heavy atom. The van der Waals surface area contributed by atoms with E-state index in [2.05, 4.69) is 27.0 Å². The number of carbonyl (C=O) groups excluding carboxylic acids is 2. The van der Waals surface area contributed by atoms with Gasteiger partial charge in [-0.3, -0.25) is 9.59 Å². The van der Waals surface area contributed by atoms with Crippen LogP contribution in [0.1, 0.15) is 19.4 Å². The van der Waals surface area contributed by atoms with E-state index in [1.807, 2.05) is 0 Å². The van der Waals surface area contributed by atoms with Crippen molar-refractivity contribution < 1.29 is 22.8 Å². The first-order valence-electron chi connectivity index (χ1n) is 4.93. The first kappa shape index (κ1) is 17.4. The summed E-state index contributed by atoms with van der Waals surface area (Å²) in [7, 11) is 0. The Labute approximate surface area is 116 Å². The molecule has 0 saturated carbocycles. The van der Waals surface area contributed by atoms with Crippen molar-refractivity contribution in [1.29, 1.82) is 0 Å². The number of carbonyl (C=O) groups is 2. The number of hydrogen-bond donors (Lipinski definition) is 2. The molecule has 3 N–H and O–H groups in total. The molecule has 106 valence electrons. The quantitative estimate of drug-likeness (QED) is 0.824. The van der Waals surface area contributed by atoms with Crippen LogP contribution >= 0.6 is 15.9 Å². The number of amides is 2. The number of primary amides is 1. The first-order chi connectivity index (χ1) is 8.52. The van der Waals surface area contributed by atoms with Gasteiger partial charge in [-0.15, -0.1) is 0 Å². The van der Waals surface area contributed by atoms with Gasteiger partial charge in [0.05, 0.1) is 5.56 Å². The predicted octanol–water partition coefficient (Wildman–Crippen LogP) is 2.92. The Bertz CT molecular complexity index is 471. The fraction of sp³-hybridized carbons (Fsp3) is 0.273. The number of hydrogen-bond acceptors (Lipinski definition) is 2. The van der Waals surface area contributed by atoms with Gasteiger partial charge in [-0.25, -0.2) is 0 Å².